The van der Waals surface area contributed by atoms with Crippen molar-refractivity contribution < 1.29 is 23.9 Å². The Morgan fingerprint density at radius 1 is 1.00 bits per heavy atom. The smallest absolute Gasteiger partial charge is 0.430 e. The van der Waals surface area contributed by atoms with Crippen LogP contribution in [0, 0.1) is 0 Å². The van der Waals surface area contributed by atoms with Gasteiger partial charge in [0, 0.05) is 0 Å². The highest BCUT2D eigenvalue weighted by molar-refractivity contribution is 5.78. The Labute approximate surface area is 148 Å². The van der Waals surface area contributed by atoms with E-state index in [4.69, 9.17) is 9.47 Å². The number of hydrazine groups is 1. The maximum Gasteiger partial charge on any atom is 0.430 e. The second kappa shape index (κ2) is 8.00. The van der Waals surface area contributed by atoms with Crippen molar-refractivity contribution in [2.45, 2.75) is 58.8 Å². The zero-order chi connectivity index (χ0) is 19.3. The molecule has 0 aliphatic carbocycles. The van der Waals surface area contributed by atoms with Gasteiger partial charge in [0.05, 0.1) is 0 Å². The summed E-state index contributed by atoms with van der Waals surface area (Å²) in [5.74, 6) is 0. The SMILES string of the molecule is CC(C)(C)OC(=O)NN(C(=O)OC(C)(C)C)[C@@H](C=O)c1ccccc1. The van der Waals surface area contributed by atoms with Gasteiger partial charge in [-0.25, -0.2) is 20.0 Å². The second-order valence-corrected chi connectivity index (χ2v) is 7.46. The molecule has 0 radical (unpaired) electrons. The summed E-state index contributed by atoms with van der Waals surface area (Å²) in [7, 11) is 0. The summed E-state index contributed by atoms with van der Waals surface area (Å²) in [6, 6.07) is 7.54. The van der Waals surface area contributed by atoms with Crippen LogP contribution in [-0.2, 0) is 14.3 Å². The van der Waals surface area contributed by atoms with Crippen LogP contribution in [0.5, 0.6) is 0 Å². The maximum atomic E-state index is 12.5. The fourth-order valence-electron chi connectivity index (χ4n) is 1.88. The van der Waals surface area contributed by atoms with E-state index in [0.29, 0.717) is 11.8 Å². The number of carbonyl (C=O) groups is 3. The van der Waals surface area contributed by atoms with E-state index in [1.165, 1.54) is 0 Å². The number of nitrogens with zero attached hydrogens (tertiary/aromatic N) is 1. The third-order valence-electron chi connectivity index (χ3n) is 2.75. The molecule has 1 rings (SSSR count). The van der Waals surface area contributed by atoms with Crippen LogP contribution >= 0.6 is 0 Å². The summed E-state index contributed by atoms with van der Waals surface area (Å²) in [4.78, 5) is 36.2. The lowest BCUT2D eigenvalue weighted by Crippen LogP contribution is -2.51. The summed E-state index contributed by atoms with van der Waals surface area (Å²) >= 11 is 0. The Kier molecular flexibility index (Phi) is 6.55. The van der Waals surface area contributed by atoms with Crippen LogP contribution in [0.1, 0.15) is 53.1 Å². The minimum Gasteiger partial charge on any atom is -0.443 e. The predicted octanol–water partition coefficient (Wildman–Crippen LogP) is 3.60. The zero-order valence-corrected chi connectivity index (χ0v) is 15.5. The van der Waals surface area contributed by atoms with Crippen molar-refractivity contribution in [2.75, 3.05) is 0 Å². The molecule has 0 aromatic heterocycles. The summed E-state index contributed by atoms with van der Waals surface area (Å²) in [5, 5.41) is 0.835. The van der Waals surface area contributed by atoms with Crippen LogP contribution < -0.4 is 5.43 Å². The van der Waals surface area contributed by atoms with Crippen molar-refractivity contribution in [2.24, 2.45) is 0 Å². The van der Waals surface area contributed by atoms with Crippen LogP contribution in [0.2, 0.25) is 0 Å². The highest BCUT2D eigenvalue weighted by Crippen LogP contribution is 2.20. The lowest BCUT2D eigenvalue weighted by molar-refractivity contribution is -0.113. The van der Waals surface area contributed by atoms with Crippen molar-refractivity contribution in [3.05, 3.63) is 35.9 Å². The summed E-state index contributed by atoms with van der Waals surface area (Å²) in [6.07, 6.45) is -1.17. The Morgan fingerprint density at radius 2 is 1.52 bits per heavy atom. The van der Waals surface area contributed by atoms with E-state index >= 15 is 0 Å². The molecule has 0 saturated heterocycles. The largest absolute Gasteiger partial charge is 0.443 e. The molecule has 1 aromatic carbocycles. The Bertz CT molecular complexity index is 602. The van der Waals surface area contributed by atoms with Crippen molar-refractivity contribution in [1.29, 1.82) is 0 Å². The molecule has 0 spiro atoms. The predicted molar refractivity (Wildman–Crippen MR) is 92.7 cm³/mol. The fourth-order valence-corrected chi connectivity index (χ4v) is 1.88. The minimum atomic E-state index is -1.05. The van der Waals surface area contributed by atoms with Gasteiger partial charge < -0.3 is 14.3 Å². The molecule has 0 heterocycles. The fraction of sp³-hybridized carbons (Fsp3) is 0.500. The molecular formula is C18H26N2O5. The Hall–Kier alpha value is -2.57. The maximum absolute atomic E-state index is 12.5. The van der Waals surface area contributed by atoms with Crippen LogP contribution in [0.15, 0.2) is 30.3 Å². The Morgan fingerprint density at radius 3 is 1.96 bits per heavy atom. The first-order valence-corrected chi connectivity index (χ1v) is 7.95. The van der Waals surface area contributed by atoms with Crippen molar-refractivity contribution in [3.63, 3.8) is 0 Å². The van der Waals surface area contributed by atoms with Gasteiger partial charge in [0.1, 0.15) is 23.5 Å². The van der Waals surface area contributed by atoms with Gasteiger partial charge in [0.2, 0.25) is 0 Å². The quantitative estimate of drug-likeness (QED) is 0.665. The molecule has 7 heteroatoms. The standard InChI is InChI=1S/C18H26N2O5/c1-17(2,3)24-15(22)19-20(16(23)25-18(4,5)6)14(12-21)13-10-8-7-9-11-13/h7-12,14H,1-6H3,(H,19,22)/t14-/m0/s1. The number of amides is 2. The second-order valence-electron chi connectivity index (χ2n) is 7.46. The number of nitrogens with one attached hydrogen (secondary N) is 1. The first-order valence-electron chi connectivity index (χ1n) is 7.95. The number of hydrogen-bond donors (Lipinski definition) is 1. The number of aldehydes is 1. The van der Waals surface area contributed by atoms with E-state index in [1.54, 1.807) is 71.9 Å². The molecular weight excluding hydrogens is 324 g/mol. The van der Waals surface area contributed by atoms with Crippen molar-refractivity contribution in [3.8, 4) is 0 Å². The molecule has 0 aliphatic heterocycles. The van der Waals surface area contributed by atoms with E-state index in [1.807, 2.05) is 0 Å². The molecule has 7 nitrogen and oxygen atoms in total. The lowest BCUT2D eigenvalue weighted by Gasteiger charge is -2.31. The van der Waals surface area contributed by atoms with Gasteiger partial charge in [-0.3, -0.25) is 0 Å². The Balaban J connectivity index is 3.11. The monoisotopic (exact) mass is 350 g/mol. The summed E-state index contributed by atoms with van der Waals surface area (Å²) < 4.78 is 10.5. The minimum absolute atomic E-state index is 0.527. The molecule has 1 aromatic rings. The van der Waals surface area contributed by atoms with E-state index < -0.39 is 29.4 Å². The molecule has 0 fully saturated rings. The molecule has 0 bridgehead atoms. The van der Waals surface area contributed by atoms with Crippen molar-refractivity contribution >= 4 is 18.5 Å². The van der Waals surface area contributed by atoms with E-state index in [9.17, 15) is 14.4 Å². The molecule has 138 valence electrons. The molecule has 0 saturated carbocycles. The highest BCUT2D eigenvalue weighted by atomic mass is 16.6. The number of ether oxygens (including phenoxy) is 2. The first kappa shape index (κ1) is 20.5. The van der Waals surface area contributed by atoms with Crippen LogP contribution in [-0.4, -0.2) is 34.7 Å². The van der Waals surface area contributed by atoms with Gasteiger partial charge in [-0.05, 0) is 47.1 Å². The normalized spacial score (nSPS) is 12.7. The molecule has 1 N–H and O–H groups in total. The highest BCUT2D eigenvalue weighted by Gasteiger charge is 2.32. The summed E-state index contributed by atoms with van der Waals surface area (Å²) in [6.45, 7) is 10.1. The van der Waals surface area contributed by atoms with Crippen LogP contribution in [0.25, 0.3) is 0 Å². The zero-order valence-electron chi connectivity index (χ0n) is 15.5. The average Bonchev–Trinajstić information content (AvgIpc) is 2.44. The first-order chi connectivity index (χ1) is 11.4. The molecule has 0 aliphatic rings. The average molecular weight is 350 g/mol. The van der Waals surface area contributed by atoms with Gasteiger partial charge >= 0.3 is 12.2 Å². The third-order valence-corrected chi connectivity index (χ3v) is 2.75. The van der Waals surface area contributed by atoms with E-state index in [2.05, 4.69) is 5.43 Å². The van der Waals surface area contributed by atoms with Crippen LogP contribution in [0.3, 0.4) is 0 Å². The van der Waals surface area contributed by atoms with E-state index in [0.717, 1.165) is 5.01 Å². The van der Waals surface area contributed by atoms with Gasteiger partial charge in [0.25, 0.3) is 0 Å². The number of carbonyl (C=O) groups excluding carboxylic acids is 3. The summed E-state index contributed by atoms with van der Waals surface area (Å²) in [5.41, 5.74) is 1.29. The van der Waals surface area contributed by atoms with Gasteiger partial charge in [-0.2, -0.15) is 0 Å². The molecule has 1 atom stereocenters. The van der Waals surface area contributed by atoms with Gasteiger partial charge in [-0.1, -0.05) is 30.3 Å². The van der Waals surface area contributed by atoms with Crippen LogP contribution in [0.4, 0.5) is 9.59 Å². The molecule has 2 amide bonds. The third kappa shape index (κ3) is 7.24. The number of rotatable bonds is 3. The van der Waals surface area contributed by atoms with Gasteiger partial charge in [-0.15, -0.1) is 0 Å². The molecule has 25 heavy (non-hydrogen) atoms. The lowest BCUT2D eigenvalue weighted by atomic mass is 10.1. The van der Waals surface area contributed by atoms with Gasteiger partial charge in [0.15, 0.2) is 0 Å². The number of hydrogen-bond acceptors (Lipinski definition) is 5. The topological polar surface area (TPSA) is 84.9 Å². The number of benzene rings is 1. The van der Waals surface area contributed by atoms with Crippen molar-refractivity contribution in [1.82, 2.24) is 10.4 Å². The molecule has 0 unspecified atom stereocenters. The van der Waals surface area contributed by atoms with E-state index in [-0.39, 0.29) is 0 Å².